The van der Waals surface area contributed by atoms with Crippen LogP contribution in [0.5, 0.6) is 5.75 Å². The van der Waals surface area contributed by atoms with Crippen LogP contribution in [-0.2, 0) is 6.42 Å². The van der Waals surface area contributed by atoms with E-state index in [0.717, 1.165) is 31.4 Å². The Balaban J connectivity index is 1.95. The van der Waals surface area contributed by atoms with E-state index in [1.54, 1.807) is 0 Å². The van der Waals surface area contributed by atoms with Gasteiger partial charge in [-0.25, -0.2) is 0 Å². The molecule has 0 radical (unpaired) electrons. The van der Waals surface area contributed by atoms with Crippen molar-refractivity contribution in [2.45, 2.75) is 64.6 Å². The van der Waals surface area contributed by atoms with Gasteiger partial charge in [0.15, 0.2) is 0 Å². The fourth-order valence-corrected chi connectivity index (χ4v) is 2.89. The molecule has 0 aliphatic heterocycles. The molecule has 0 spiro atoms. The van der Waals surface area contributed by atoms with Crippen LogP contribution in [0, 0.1) is 5.92 Å². The third kappa shape index (κ3) is 3.97. The zero-order chi connectivity index (χ0) is 13.7. The van der Waals surface area contributed by atoms with Crippen molar-refractivity contribution in [2.24, 2.45) is 5.92 Å². The monoisotopic (exact) mass is 262 g/mol. The average molecular weight is 262 g/mol. The van der Waals surface area contributed by atoms with Gasteiger partial charge >= 0.3 is 0 Å². The van der Waals surface area contributed by atoms with Gasteiger partial charge in [-0.15, -0.1) is 0 Å². The van der Waals surface area contributed by atoms with Crippen molar-refractivity contribution in [3.63, 3.8) is 0 Å². The number of aliphatic hydroxyl groups excluding tert-OH is 1. The molecular weight excluding hydrogens is 236 g/mol. The highest BCUT2D eigenvalue weighted by Gasteiger charge is 2.29. The summed E-state index contributed by atoms with van der Waals surface area (Å²) in [5.41, 5.74) is 1.35. The van der Waals surface area contributed by atoms with Gasteiger partial charge in [0.2, 0.25) is 0 Å². The summed E-state index contributed by atoms with van der Waals surface area (Å²) in [5, 5.41) is 10.1. The van der Waals surface area contributed by atoms with E-state index in [1.807, 2.05) is 12.1 Å². The summed E-state index contributed by atoms with van der Waals surface area (Å²) in [6.07, 6.45) is 6.11. The SMILES string of the molecule is CCCc1ccc(OC2CC(CC)CCC2O)cc1. The first-order chi connectivity index (χ1) is 9.22. The van der Waals surface area contributed by atoms with Crippen LogP contribution in [0.2, 0.25) is 0 Å². The molecule has 1 aromatic carbocycles. The van der Waals surface area contributed by atoms with Gasteiger partial charge in [0.1, 0.15) is 11.9 Å². The molecule has 0 heterocycles. The smallest absolute Gasteiger partial charge is 0.125 e. The topological polar surface area (TPSA) is 29.5 Å². The molecule has 19 heavy (non-hydrogen) atoms. The lowest BCUT2D eigenvalue weighted by atomic mass is 9.84. The zero-order valence-corrected chi connectivity index (χ0v) is 12.1. The first kappa shape index (κ1) is 14.4. The van der Waals surface area contributed by atoms with Gasteiger partial charge in [0.25, 0.3) is 0 Å². The third-order valence-corrected chi connectivity index (χ3v) is 4.19. The minimum atomic E-state index is -0.307. The Labute approximate surface area is 116 Å². The highest BCUT2D eigenvalue weighted by Crippen LogP contribution is 2.30. The maximum absolute atomic E-state index is 10.1. The van der Waals surface area contributed by atoms with Crippen molar-refractivity contribution in [3.8, 4) is 5.75 Å². The number of hydrogen-bond donors (Lipinski definition) is 1. The van der Waals surface area contributed by atoms with E-state index in [4.69, 9.17) is 4.74 Å². The largest absolute Gasteiger partial charge is 0.488 e. The number of aliphatic hydroxyl groups is 1. The first-order valence-electron chi connectivity index (χ1n) is 7.66. The molecule has 3 atom stereocenters. The van der Waals surface area contributed by atoms with Gasteiger partial charge in [0, 0.05) is 0 Å². The Morgan fingerprint density at radius 2 is 1.89 bits per heavy atom. The van der Waals surface area contributed by atoms with Crippen LogP contribution >= 0.6 is 0 Å². The van der Waals surface area contributed by atoms with Gasteiger partial charge in [-0.1, -0.05) is 38.8 Å². The molecule has 1 aliphatic carbocycles. The summed E-state index contributed by atoms with van der Waals surface area (Å²) in [6, 6.07) is 8.33. The molecule has 1 N–H and O–H groups in total. The summed E-state index contributed by atoms with van der Waals surface area (Å²) < 4.78 is 5.98. The lowest BCUT2D eigenvalue weighted by Gasteiger charge is -2.33. The first-order valence-corrected chi connectivity index (χ1v) is 7.66. The fourth-order valence-electron chi connectivity index (χ4n) is 2.89. The van der Waals surface area contributed by atoms with E-state index in [0.29, 0.717) is 5.92 Å². The molecule has 1 aromatic rings. The van der Waals surface area contributed by atoms with E-state index < -0.39 is 0 Å². The fraction of sp³-hybridized carbons (Fsp3) is 0.647. The highest BCUT2D eigenvalue weighted by atomic mass is 16.5. The summed E-state index contributed by atoms with van der Waals surface area (Å²) in [5.74, 6) is 1.59. The van der Waals surface area contributed by atoms with Crippen LogP contribution in [0.1, 0.15) is 51.5 Å². The molecule has 1 fully saturated rings. The maximum atomic E-state index is 10.1. The van der Waals surface area contributed by atoms with Gasteiger partial charge in [-0.05, 0) is 49.3 Å². The molecular formula is C17H26O2. The molecule has 2 heteroatoms. The number of benzene rings is 1. The Bertz CT molecular complexity index is 371. The number of rotatable bonds is 5. The van der Waals surface area contributed by atoms with Crippen LogP contribution in [0.4, 0.5) is 0 Å². The van der Waals surface area contributed by atoms with Crippen molar-refractivity contribution in [1.29, 1.82) is 0 Å². The van der Waals surface area contributed by atoms with Crippen molar-refractivity contribution in [1.82, 2.24) is 0 Å². The Morgan fingerprint density at radius 3 is 2.53 bits per heavy atom. The summed E-state index contributed by atoms with van der Waals surface area (Å²) >= 11 is 0. The Hall–Kier alpha value is -1.02. The van der Waals surface area contributed by atoms with E-state index in [2.05, 4.69) is 26.0 Å². The van der Waals surface area contributed by atoms with Crippen LogP contribution in [0.15, 0.2) is 24.3 Å². The number of ether oxygens (including phenoxy) is 1. The third-order valence-electron chi connectivity index (χ3n) is 4.19. The van der Waals surface area contributed by atoms with E-state index >= 15 is 0 Å². The Kier molecular flexibility index (Phi) is 5.26. The standard InChI is InChI=1S/C17H26O2/c1-3-5-14-6-9-15(10-7-14)19-17-12-13(4-2)8-11-16(17)18/h6-7,9-10,13,16-18H,3-5,8,11-12H2,1-2H3. The molecule has 0 saturated heterocycles. The molecule has 106 valence electrons. The van der Waals surface area contributed by atoms with Gasteiger partial charge in [0.05, 0.1) is 6.10 Å². The molecule has 1 aliphatic rings. The van der Waals surface area contributed by atoms with Crippen molar-refractivity contribution in [2.75, 3.05) is 0 Å². The predicted octanol–water partition coefficient (Wildman–Crippen LogP) is 3.96. The van der Waals surface area contributed by atoms with Crippen LogP contribution in [0.3, 0.4) is 0 Å². The minimum absolute atomic E-state index is 0.0317. The van der Waals surface area contributed by atoms with Crippen LogP contribution in [0.25, 0.3) is 0 Å². The van der Waals surface area contributed by atoms with Gasteiger partial charge in [-0.2, -0.15) is 0 Å². The summed E-state index contributed by atoms with van der Waals surface area (Å²) in [7, 11) is 0. The number of aryl methyl sites for hydroxylation is 1. The number of hydrogen-bond acceptors (Lipinski definition) is 2. The summed E-state index contributed by atoms with van der Waals surface area (Å²) in [4.78, 5) is 0. The molecule has 0 bridgehead atoms. The van der Waals surface area contributed by atoms with Crippen molar-refractivity contribution >= 4 is 0 Å². The minimum Gasteiger partial charge on any atom is -0.488 e. The molecule has 0 aromatic heterocycles. The Morgan fingerprint density at radius 1 is 1.16 bits per heavy atom. The van der Waals surface area contributed by atoms with Gasteiger partial charge < -0.3 is 9.84 Å². The van der Waals surface area contributed by atoms with Gasteiger partial charge in [-0.3, -0.25) is 0 Å². The molecule has 3 unspecified atom stereocenters. The predicted molar refractivity (Wildman–Crippen MR) is 78.5 cm³/mol. The average Bonchev–Trinajstić information content (AvgIpc) is 2.44. The quantitative estimate of drug-likeness (QED) is 0.870. The zero-order valence-electron chi connectivity index (χ0n) is 12.1. The molecule has 2 rings (SSSR count). The lowest BCUT2D eigenvalue weighted by Crippen LogP contribution is -2.38. The second-order valence-electron chi connectivity index (χ2n) is 5.70. The van der Waals surface area contributed by atoms with Crippen molar-refractivity contribution in [3.05, 3.63) is 29.8 Å². The van der Waals surface area contributed by atoms with E-state index in [-0.39, 0.29) is 12.2 Å². The maximum Gasteiger partial charge on any atom is 0.125 e. The van der Waals surface area contributed by atoms with Crippen LogP contribution < -0.4 is 4.74 Å². The van der Waals surface area contributed by atoms with Crippen LogP contribution in [-0.4, -0.2) is 17.3 Å². The second kappa shape index (κ2) is 6.95. The van der Waals surface area contributed by atoms with E-state index in [9.17, 15) is 5.11 Å². The second-order valence-corrected chi connectivity index (χ2v) is 5.70. The summed E-state index contributed by atoms with van der Waals surface area (Å²) in [6.45, 7) is 4.41. The molecule has 2 nitrogen and oxygen atoms in total. The lowest BCUT2D eigenvalue weighted by molar-refractivity contribution is -0.0109. The van der Waals surface area contributed by atoms with Crippen molar-refractivity contribution < 1.29 is 9.84 Å². The molecule has 1 saturated carbocycles. The highest BCUT2D eigenvalue weighted by molar-refractivity contribution is 5.27. The normalized spacial score (nSPS) is 27.2. The van der Waals surface area contributed by atoms with E-state index in [1.165, 1.54) is 18.4 Å². The molecule has 0 amide bonds.